The summed E-state index contributed by atoms with van der Waals surface area (Å²) >= 11 is 0. The molecule has 0 aliphatic carbocycles. The quantitative estimate of drug-likeness (QED) is 0.305. The number of aromatic nitrogens is 4. The van der Waals surface area contributed by atoms with E-state index in [0.29, 0.717) is 24.5 Å². The van der Waals surface area contributed by atoms with Crippen molar-refractivity contribution in [1.29, 1.82) is 0 Å². The number of aryl methyl sites for hydroxylation is 2. The lowest BCUT2D eigenvalue weighted by molar-refractivity contribution is -0.137. The Balaban J connectivity index is 1.44. The van der Waals surface area contributed by atoms with E-state index < -0.39 is 17.8 Å². The molecule has 4 aromatic rings. The maximum Gasteiger partial charge on any atom is 0.416 e. The van der Waals surface area contributed by atoms with Crippen LogP contribution in [0.15, 0.2) is 78.9 Å². The second kappa shape index (κ2) is 11.5. The van der Waals surface area contributed by atoms with Gasteiger partial charge in [-0.05, 0) is 58.7 Å². The van der Waals surface area contributed by atoms with E-state index in [-0.39, 0.29) is 0 Å². The third-order valence-electron chi connectivity index (χ3n) is 7.16. The lowest BCUT2D eigenvalue weighted by Gasteiger charge is -2.38. The number of para-hydroxylation sites is 1. The SMILES string of the molecule is Cc1cccc(C)c1-n1nnnc1C(c1cccc(C(F)(F)F)c1)N1CCN(C/C=C/c2ccccc2)CC1. The Hall–Kier alpha value is -3.82. The van der Waals surface area contributed by atoms with Gasteiger partial charge in [0.1, 0.15) is 0 Å². The van der Waals surface area contributed by atoms with Crippen molar-refractivity contribution in [2.75, 3.05) is 32.7 Å². The first-order valence-electron chi connectivity index (χ1n) is 13.0. The molecular formula is C30H31F3N6. The van der Waals surface area contributed by atoms with Crippen molar-refractivity contribution in [2.45, 2.75) is 26.1 Å². The van der Waals surface area contributed by atoms with Gasteiger partial charge in [0.15, 0.2) is 5.82 Å². The minimum Gasteiger partial charge on any atom is -0.297 e. The Morgan fingerprint density at radius 1 is 0.872 bits per heavy atom. The van der Waals surface area contributed by atoms with E-state index in [4.69, 9.17) is 0 Å². The van der Waals surface area contributed by atoms with Crippen LogP contribution in [0.3, 0.4) is 0 Å². The van der Waals surface area contributed by atoms with Crippen molar-refractivity contribution in [2.24, 2.45) is 0 Å². The summed E-state index contributed by atoms with van der Waals surface area (Å²) in [7, 11) is 0. The molecule has 1 aliphatic heterocycles. The number of halogens is 3. The molecule has 0 amide bonds. The molecule has 2 heterocycles. The fourth-order valence-corrected chi connectivity index (χ4v) is 5.18. The number of rotatable bonds is 7. The van der Waals surface area contributed by atoms with Gasteiger partial charge in [-0.2, -0.15) is 17.9 Å². The number of piperazine rings is 1. The Morgan fingerprint density at radius 2 is 1.56 bits per heavy atom. The van der Waals surface area contributed by atoms with Crippen LogP contribution in [0.25, 0.3) is 11.8 Å². The van der Waals surface area contributed by atoms with E-state index in [9.17, 15) is 13.2 Å². The van der Waals surface area contributed by atoms with E-state index in [1.54, 1.807) is 10.7 Å². The molecule has 39 heavy (non-hydrogen) atoms. The summed E-state index contributed by atoms with van der Waals surface area (Å²) in [4.78, 5) is 4.52. The zero-order valence-corrected chi connectivity index (χ0v) is 22.0. The highest BCUT2D eigenvalue weighted by Crippen LogP contribution is 2.35. The molecule has 1 aromatic heterocycles. The number of hydrogen-bond donors (Lipinski definition) is 0. The Bertz CT molecular complexity index is 1400. The molecule has 5 rings (SSSR count). The molecule has 202 valence electrons. The number of alkyl halides is 3. The largest absolute Gasteiger partial charge is 0.416 e. The fourth-order valence-electron chi connectivity index (χ4n) is 5.18. The van der Waals surface area contributed by atoms with Crippen molar-refractivity contribution in [3.8, 4) is 5.69 Å². The predicted octanol–water partition coefficient (Wildman–Crippen LogP) is 5.72. The zero-order valence-electron chi connectivity index (χ0n) is 22.0. The van der Waals surface area contributed by atoms with E-state index >= 15 is 0 Å². The van der Waals surface area contributed by atoms with Crippen LogP contribution in [0.1, 0.15) is 39.7 Å². The molecule has 1 saturated heterocycles. The monoisotopic (exact) mass is 532 g/mol. The Morgan fingerprint density at radius 3 is 2.26 bits per heavy atom. The van der Waals surface area contributed by atoms with Crippen molar-refractivity contribution in [1.82, 2.24) is 30.0 Å². The van der Waals surface area contributed by atoms with Crippen LogP contribution >= 0.6 is 0 Å². The highest BCUT2D eigenvalue weighted by atomic mass is 19.4. The van der Waals surface area contributed by atoms with Crippen LogP contribution < -0.4 is 0 Å². The lowest BCUT2D eigenvalue weighted by Crippen LogP contribution is -2.48. The highest BCUT2D eigenvalue weighted by Gasteiger charge is 2.35. The summed E-state index contributed by atoms with van der Waals surface area (Å²) in [5.41, 5.74) is 3.81. The molecule has 9 heteroatoms. The van der Waals surface area contributed by atoms with Crippen LogP contribution in [0, 0.1) is 13.8 Å². The summed E-state index contributed by atoms with van der Waals surface area (Å²) < 4.78 is 42.7. The summed E-state index contributed by atoms with van der Waals surface area (Å²) in [6.45, 7) is 7.65. The van der Waals surface area contributed by atoms with Gasteiger partial charge in [0.05, 0.1) is 17.3 Å². The summed E-state index contributed by atoms with van der Waals surface area (Å²) in [6, 6.07) is 21.1. The van der Waals surface area contributed by atoms with Crippen LogP contribution in [0.4, 0.5) is 13.2 Å². The zero-order chi connectivity index (χ0) is 27.4. The number of nitrogens with zero attached hydrogens (tertiary/aromatic N) is 6. The minimum atomic E-state index is -4.44. The van der Waals surface area contributed by atoms with E-state index in [1.807, 2.05) is 50.2 Å². The van der Waals surface area contributed by atoms with Crippen LogP contribution in [-0.4, -0.2) is 62.7 Å². The predicted molar refractivity (Wildman–Crippen MR) is 145 cm³/mol. The average molecular weight is 533 g/mol. The lowest BCUT2D eigenvalue weighted by atomic mass is 10.00. The maximum absolute atomic E-state index is 13.7. The molecule has 0 saturated carbocycles. The maximum atomic E-state index is 13.7. The molecule has 0 spiro atoms. The van der Waals surface area contributed by atoms with Gasteiger partial charge in [0, 0.05) is 32.7 Å². The summed E-state index contributed by atoms with van der Waals surface area (Å²) in [6.07, 6.45) is -0.184. The highest BCUT2D eigenvalue weighted by molar-refractivity contribution is 5.49. The minimum absolute atomic E-state index is 0.504. The summed E-state index contributed by atoms with van der Waals surface area (Å²) in [5, 5.41) is 12.6. The number of tetrazole rings is 1. The fraction of sp³-hybridized carbons (Fsp3) is 0.300. The van der Waals surface area contributed by atoms with E-state index in [2.05, 4.69) is 49.6 Å². The van der Waals surface area contributed by atoms with Gasteiger partial charge in [-0.25, -0.2) is 0 Å². The second-order valence-corrected chi connectivity index (χ2v) is 9.86. The van der Waals surface area contributed by atoms with Crippen molar-refractivity contribution in [3.05, 3.63) is 113 Å². The van der Waals surface area contributed by atoms with Crippen molar-refractivity contribution in [3.63, 3.8) is 0 Å². The van der Waals surface area contributed by atoms with Gasteiger partial charge in [-0.3, -0.25) is 9.80 Å². The third kappa shape index (κ3) is 6.10. The molecule has 0 bridgehead atoms. The van der Waals surface area contributed by atoms with Crippen molar-refractivity contribution < 1.29 is 13.2 Å². The van der Waals surface area contributed by atoms with Crippen molar-refractivity contribution >= 4 is 6.08 Å². The van der Waals surface area contributed by atoms with Gasteiger partial charge < -0.3 is 0 Å². The van der Waals surface area contributed by atoms with Crippen LogP contribution in [-0.2, 0) is 6.18 Å². The molecule has 1 atom stereocenters. The van der Waals surface area contributed by atoms with Crippen LogP contribution in [0.5, 0.6) is 0 Å². The number of hydrogen-bond acceptors (Lipinski definition) is 5. The van der Waals surface area contributed by atoms with Gasteiger partial charge >= 0.3 is 6.18 Å². The first kappa shape index (κ1) is 26.8. The molecule has 3 aromatic carbocycles. The average Bonchev–Trinajstić information content (AvgIpc) is 3.39. The molecule has 0 N–H and O–H groups in total. The Labute approximate surface area is 226 Å². The van der Waals surface area contributed by atoms with Gasteiger partial charge in [-0.1, -0.05) is 72.8 Å². The molecule has 1 unspecified atom stereocenters. The van der Waals surface area contributed by atoms with Crippen LogP contribution in [0.2, 0.25) is 0 Å². The van der Waals surface area contributed by atoms with Gasteiger partial charge in [-0.15, -0.1) is 5.10 Å². The normalized spacial score (nSPS) is 16.1. The van der Waals surface area contributed by atoms with E-state index in [0.717, 1.165) is 48.1 Å². The molecule has 0 radical (unpaired) electrons. The standard InChI is InChI=1S/C30H31F3N6/c1-22-9-6-10-23(2)27(22)39-29(34-35-36-39)28(25-14-7-15-26(21-25)30(31,32)33)38-19-17-37(18-20-38)16-8-13-24-11-4-3-5-12-24/h3-15,21,28H,16-20H2,1-2H3/b13-8+. The van der Waals surface area contributed by atoms with E-state index in [1.165, 1.54) is 12.1 Å². The third-order valence-corrected chi connectivity index (χ3v) is 7.16. The van der Waals surface area contributed by atoms with Gasteiger partial charge in [0.25, 0.3) is 0 Å². The molecule has 1 aliphatic rings. The molecule has 1 fully saturated rings. The molecule has 6 nitrogen and oxygen atoms in total. The first-order chi connectivity index (χ1) is 18.8. The first-order valence-corrected chi connectivity index (χ1v) is 13.0. The molecular weight excluding hydrogens is 501 g/mol. The topological polar surface area (TPSA) is 50.1 Å². The second-order valence-electron chi connectivity index (χ2n) is 9.86. The summed E-state index contributed by atoms with van der Waals surface area (Å²) in [5.74, 6) is 0.504. The van der Waals surface area contributed by atoms with Gasteiger partial charge in [0.2, 0.25) is 0 Å². The number of benzene rings is 3. The Kier molecular flexibility index (Phi) is 7.90. The smallest absolute Gasteiger partial charge is 0.297 e.